The molecule has 0 spiro atoms. The summed E-state index contributed by atoms with van der Waals surface area (Å²) in [5.41, 5.74) is 0.671. The molecule has 4 heteroatoms. The number of hydrogen-bond acceptors (Lipinski definition) is 4. The van der Waals surface area contributed by atoms with E-state index < -0.39 is 5.54 Å². The van der Waals surface area contributed by atoms with Gasteiger partial charge in [-0.3, -0.25) is 0 Å². The van der Waals surface area contributed by atoms with Gasteiger partial charge in [0, 0.05) is 13.0 Å². The molecule has 2 N–H and O–H groups in total. The molecule has 1 saturated carbocycles. The molecule has 0 amide bonds. The van der Waals surface area contributed by atoms with Crippen LogP contribution < -0.4 is 10.1 Å². The number of aliphatic hydroxyl groups excluding tert-OH is 1. The number of nitriles is 1. The van der Waals surface area contributed by atoms with E-state index in [1.54, 1.807) is 0 Å². The van der Waals surface area contributed by atoms with Crippen LogP contribution in [0.4, 0.5) is 0 Å². The Bertz CT molecular complexity index is 452. The maximum absolute atomic E-state index is 9.20. The summed E-state index contributed by atoms with van der Waals surface area (Å²) in [6.45, 7) is 0.162. The molecular formula is C15H20N2O2. The lowest BCUT2D eigenvalue weighted by Crippen LogP contribution is -2.39. The van der Waals surface area contributed by atoms with Crippen LogP contribution in [0.3, 0.4) is 0 Å². The fourth-order valence-corrected chi connectivity index (χ4v) is 2.54. The molecule has 2 unspecified atom stereocenters. The van der Waals surface area contributed by atoms with Gasteiger partial charge in [0.05, 0.1) is 6.07 Å². The molecule has 0 aromatic heterocycles. The summed E-state index contributed by atoms with van der Waals surface area (Å²) in [4.78, 5) is 0. The summed E-state index contributed by atoms with van der Waals surface area (Å²) in [5.74, 6) is 0.830. The third-order valence-electron chi connectivity index (χ3n) is 3.79. The molecule has 1 aromatic carbocycles. The molecule has 1 aliphatic carbocycles. The van der Waals surface area contributed by atoms with Crippen molar-refractivity contribution in [2.75, 3.05) is 13.7 Å². The van der Waals surface area contributed by atoms with Gasteiger partial charge in [-0.1, -0.05) is 12.1 Å². The third kappa shape index (κ3) is 3.25. The van der Waals surface area contributed by atoms with Gasteiger partial charge in [-0.25, -0.2) is 0 Å². The van der Waals surface area contributed by atoms with Crippen molar-refractivity contribution in [1.29, 1.82) is 5.26 Å². The first-order valence-electron chi connectivity index (χ1n) is 6.68. The SMILES string of the molecule is CNC1(C#N)CCC(Oc2ccc(CCO)cc2)C1. The fraction of sp³-hybridized carbons (Fsp3) is 0.533. The molecule has 0 aliphatic heterocycles. The van der Waals surface area contributed by atoms with E-state index >= 15 is 0 Å². The highest BCUT2D eigenvalue weighted by Crippen LogP contribution is 2.32. The van der Waals surface area contributed by atoms with Crippen molar-refractivity contribution in [3.63, 3.8) is 0 Å². The van der Waals surface area contributed by atoms with Crippen molar-refractivity contribution >= 4 is 0 Å². The Hall–Kier alpha value is -1.57. The first-order valence-corrected chi connectivity index (χ1v) is 6.68. The third-order valence-corrected chi connectivity index (χ3v) is 3.79. The number of aliphatic hydroxyl groups is 1. The van der Waals surface area contributed by atoms with Crippen molar-refractivity contribution in [2.45, 2.75) is 37.3 Å². The van der Waals surface area contributed by atoms with Crippen LogP contribution in [-0.4, -0.2) is 30.4 Å². The summed E-state index contributed by atoms with van der Waals surface area (Å²) in [5, 5.41) is 21.2. The highest BCUT2D eigenvalue weighted by molar-refractivity contribution is 5.28. The average molecular weight is 260 g/mol. The second kappa shape index (κ2) is 6.05. The molecule has 1 aliphatic rings. The van der Waals surface area contributed by atoms with Crippen LogP contribution in [0.25, 0.3) is 0 Å². The van der Waals surface area contributed by atoms with Crippen molar-refractivity contribution in [1.82, 2.24) is 5.32 Å². The fourth-order valence-electron chi connectivity index (χ4n) is 2.54. The molecule has 102 valence electrons. The van der Waals surface area contributed by atoms with Crippen LogP contribution in [0.2, 0.25) is 0 Å². The minimum Gasteiger partial charge on any atom is -0.490 e. The van der Waals surface area contributed by atoms with E-state index in [2.05, 4.69) is 11.4 Å². The van der Waals surface area contributed by atoms with Gasteiger partial charge in [-0.2, -0.15) is 5.26 Å². The Balaban J connectivity index is 1.94. The Morgan fingerprint density at radius 1 is 1.47 bits per heavy atom. The monoisotopic (exact) mass is 260 g/mol. The lowest BCUT2D eigenvalue weighted by molar-refractivity contribution is 0.202. The van der Waals surface area contributed by atoms with Crippen molar-refractivity contribution in [2.24, 2.45) is 0 Å². The van der Waals surface area contributed by atoms with Gasteiger partial charge in [-0.15, -0.1) is 0 Å². The Kier molecular flexibility index (Phi) is 4.41. The van der Waals surface area contributed by atoms with Gasteiger partial charge in [-0.05, 0) is 44.0 Å². The number of ether oxygens (including phenoxy) is 1. The lowest BCUT2D eigenvalue weighted by Gasteiger charge is -2.20. The van der Waals surface area contributed by atoms with E-state index in [4.69, 9.17) is 9.84 Å². The van der Waals surface area contributed by atoms with E-state index in [0.717, 1.165) is 30.6 Å². The first-order chi connectivity index (χ1) is 9.21. The molecule has 1 aromatic rings. The van der Waals surface area contributed by atoms with E-state index in [1.165, 1.54) is 0 Å². The molecule has 2 rings (SSSR count). The van der Waals surface area contributed by atoms with Crippen LogP contribution in [-0.2, 0) is 6.42 Å². The summed E-state index contributed by atoms with van der Waals surface area (Å²) < 4.78 is 5.91. The van der Waals surface area contributed by atoms with Crippen LogP contribution in [0.15, 0.2) is 24.3 Å². The van der Waals surface area contributed by atoms with Crippen LogP contribution in [0.5, 0.6) is 5.75 Å². The molecule has 0 bridgehead atoms. The van der Waals surface area contributed by atoms with Crippen molar-refractivity contribution in [3.8, 4) is 11.8 Å². The van der Waals surface area contributed by atoms with E-state index in [-0.39, 0.29) is 12.7 Å². The van der Waals surface area contributed by atoms with Crippen molar-refractivity contribution in [3.05, 3.63) is 29.8 Å². The Morgan fingerprint density at radius 2 is 2.21 bits per heavy atom. The van der Waals surface area contributed by atoms with Gasteiger partial charge >= 0.3 is 0 Å². The largest absolute Gasteiger partial charge is 0.490 e. The maximum Gasteiger partial charge on any atom is 0.119 e. The van der Waals surface area contributed by atoms with Gasteiger partial charge in [0.25, 0.3) is 0 Å². The Morgan fingerprint density at radius 3 is 2.74 bits per heavy atom. The first kappa shape index (κ1) is 13.9. The second-order valence-electron chi connectivity index (χ2n) is 5.04. The van der Waals surface area contributed by atoms with Gasteiger partial charge < -0.3 is 15.2 Å². The minimum absolute atomic E-state index is 0.0933. The molecule has 0 heterocycles. The van der Waals surface area contributed by atoms with Gasteiger partial charge in [0.1, 0.15) is 17.4 Å². The number of hydrogen-bond donors (Lipinski definition) is 2. The molecule has 0 radical (unpaired) electrons. The Labute approximate surface area is 114 Å². The van der Waals surface area contributed by atoms with Crippen molar-refractivity contribution < 1.29 is 9.84 Å². The topological polar surface area (TPSA) is 65.3 Å². The predicted molar refractivity (Wildman–Crippen MR) is 72.9 cm³/mol. The number of nitrogens with one attached hydrogen (secondary N) is 1. The van der Waals surface area contributed by atoms with Crippen LogP contribution in [0, 0.1) is 11.3 Å². The van der Waals surface area contributed by atoms with E-state index in [0.29, 0.717) is 6.42 Å². The molecule has 1 fully saturated rings. The number of benzene rings is 1. The zero-order valence-electron chi connectivity index (χ0n) is 11.2. The highest BCUT2D eigenvalue weighted by atomic mass is 16.5. The standard InChI is InChI=1S/C15H20N2O2/c1-17-15(11-16)8-6-14(10-15)19-13-4-2-12(3-5-13)7-9-18/h2-5,14,17-18H,6-10H2,1H3. The lowest BCUT2D eigenvalue weighted by atomic mass is 10.0. The number of rotatable bonds is 5. The minimum atomic E-state index is -0.429. The molecular weight excluding hydrogens is 240 g/mol. The summed E-state index contributed by atoms with van der Waals surface area (Å²) in [6.07, 6.45) is 3.20. The zero-order chi connectivity index (χ0) is 13.7. The van der Waals surface area contributed by atoms with Gasteiger partial charge in [0.15, 0.2) is 0 Å². The zero-order valence-corrected chi connectivity index (χ0v) is 11.2. The van der Waals surface area contributed by atoms with Gasteiger partial charge in [0.2, 0.25) is 0 Å². The average Bonchev–Trinajstić information content (AvgIpc) is 2.85. The van der Waals surface area contributed by atoms with E-state index in [1.807, 2.05) is 31.3 Å². The highest BCUT2D eigenvalue weighted by Gasteiger charge is 2.39. The smallest absolute Gasteiger partial charge is 0.119 e. The van der Waals surface area contributed by atoms with Crippen LogP contribution in [0.1, 0.15) is 24.8 Å². The molecule has 4 nitrogen and oxygen atoms in total. The molecule has 0 saturated heterocycles. The molecule has 19 heavy (non-hydrogen) atoms. The second-order valence-corrected chi connectivity index (χ2v) is 5.04. The summed E-state index contributed by atoms with van der Waals surface area (Å²) in [6, 6.07) is 10.1. The maximum atomic E-state index is 9.20. The number of nitrogens with zero attached hydrogens (tertiary/aromatic N) is 1. The normalized spacial score (nSPS) is 26.1. The quantitative estimate of drug-likeness (QED) is 0.844. The van der Waals surface area contributed by atoms with E-state index in [9.17, 15) is 5.26 Å². The summed E-state index contributed by atoms with van der Waals surface area (Å²) in [7, 11) is 1.83. The summed E-state index contributed by atoms with van der Waals surface area (Å²) >= 11 is 0. The predicted octanol–water partition coefficient (Wildman–Crippen LogP) is 1.63. The molecule has 2 atom stereocenters. The van der Waals surface area contributed by atoms with Crippen LogP contribution >= 0.6 is 0 Å².